The number of carboxylic acid groups (broad SMARTS) is 1. The number of carbonyl (C=O) groups excluding carboxylic acids is 1. The van der Waals surface area contributed by atoms with Crippen molar-refractivity contribution in [1.82, 2.24) is 0 Å². The molecule has 0 bridgehead atoms. The number of nitrogens with two attached hydrogens (primary N) is 1. The fraction of sp³-hybridized carbons (Fsp3) is 0.273. The number of hydrogen-bond donors (Lipinski definition) is 4. The van der Waals surface area contributed by atoms with Crippen molar-refractivity contribution in [2.45, 2.75) is 18.6 Å². The van der Waals surface area contributed by atoms with E-state index in [-0.39, 0.29) is 5.02 Å². The fourth-order valence-corrected chi connectivity index (χ4v) is 1.73. The van der Waals surface area contributed by atoms with E-state index in [4.69, 9.17) is 22.4 Å². The van der Waals surface area contributed by atoms with E-state index in [0.29, 0.717) is 6.07 Å². The van der Waals surface area contributed by atoms with Crippen molar-refractivity contribution in [1.29, 1.82) is 0 Å². The molecule has 1 amide bonds. The number of aliphatic hydroxyl groups is 2. The molecule has 1 aromatic carbocycles. The van der Waals surface area contributed by atoms with Gasteiger partial charge >= 0.3 is 5.97 Å². The summed E-state index contributed by atoms with van der Waals surface area (Å²) < 4.78 is 13.6. The van der Waals surface area contributed by atoms with E-state index in [1.807, 2.05) is 0 Å². The minimum absolute atomic E-state index is 0.297. The van der Waals surface area contributed by atoms with E-state index >= 15 is 0 Å². The molecule has 2 atom stereocenters. The van der Waals surface area contributed by atoms with Crippen LogP contribution in [0.4, 0.5) is 4.39 Å². The third-order valence-electron chi connectivity index (χ3n) is 2.41. The van der Waals surface area contributed by atoms with Crippen molar-refractivity contribution >= 4 is 23.5 Å². The monoisotopic (exact) mass is 291 g/mol. The lowest BCUT2D eigenvalue weighted by Crippen LogP contribution is -2.26. The molecule has 0 heterocycles. The van der Waals surface area contributed by atoms with Gasteiger partial charge in [0.1, 0.15) is 11.9 Å². The number of rotatable bonds is 5. The van der Waals surface area contributed by atoms with Crippen molar-refractivity contribution in [3.8, 4) is 0 Å². The average molecular weight is 292 g/mol. The predicted molar refractivity (Wildman–Crippen MR) is 63.1 cm³/mol. The number of carboxylic acids is 1. The average Bonchev–Trinajstić information content (AvgIpc) is 2.29. The van der Waals surface area contributed by atoms with Gasteiger partial charge in [0.25, 0.3) is 0 Å². The van der Waals surface area contributed by atoms with Gasteiger partial charge in [-0.3, -0.25) is 4.79 Å². The summed E-state index contributed by atoms with van der Waals surface area (Å²) in [5, 5.41) is 27.6. The number of aromatic carboxylic acids is 1. The van der Waals surface area contributed by atoms with Crippen LogP contribution in [0.2, 0.25) is 5.02 Å². The van der Waals surface area contributed by atoms with E-state index in [2.05, 4.69) is 0 Å². The Morgan fingerprint density at radius 3 is 2.42 bits per heavy atom. The lowest BCUT2D eigenvalue weighted by Gasteiger charge is -2.18. The van der Waals surface area contributed by atoms with Crippen LogP contribution in [-0.2, 0) is 4.79 Å². The first-order valence-electron chi connectivity index (χ1n) is 5.10. The van der Waals surface area contributed by atoms with Gasteiger partial charge in [-0.25, -0.2) is 9.18 Å². The van der Waals surface area contributed by atoms with Crippen LogP contribution in [0.5, 0.6) is 0 Å². The summed E-state index contributed by atoms with van der Waals surface area (Å²) in [7, 11) is 0. The van der Waals surface area contributed by atoms with Crippen LogP contribution in [0.1, 0.15) is 28.4 Å². The predicted octanol–water partition coefficient (Wildman–Crippen LogP) is 0.447. The van der Waals surface area contributed by atoms with Gasteiger partial charge in [-0.2, -0.15) is 0 Å². The third kappa shape index (κ3) is 3.63. The normalized spacial score (nSPS) is 13.9. The highest BCUT2D eigenvalue weighted by molar-refractivity contribution is 6.33. The minimum Gasteiger partial charge on any atom is -0.478 e. The molecule has 0 aliphatic carbocycles. The second kappa shape index (κ2) is 5.96. The van der Waals surface area contributed by atoms with Crippen LogP contribution in [0.15, 0.2) is 12.1 Å². The molecule has 6 nitrogen and oxygen atoms in total. The van der Waals surface area contributed by atoms with Gasteiger partial charge in [-0.15, -0.1) is 0 Å². The Kier molecular flexibility index (Phi) is 4.82. The second-order valence-electron chi connectivity index (χ2n) is 3.84. The number of amides is 1. The van der Waals surface area contributed by atoms with Crippen LogP contribution in [0.25, 0.3) is 0 Å². The molecule has 8 heteroatoms. The summed E-state index contributed by atoms with van der Waals surface area (Å²) in [5.41, 5.74) is 3.95. The number of aliphatic hydroxyl groups excluding tert-OH is 2. The molecule has 0 saturated heterocycles. The van der Waals surface area contributed by atoms with E-state index in [1.165, 1.54) is 0 Å². The first kappa shape index (κ1) is 15.4. The number of primary amides is 1. The van der Waals surface area contributed by atoms with E-state index < -0.39 is 47.4 Å². The lowest BCUT2D eigenvalue weighted by atomic mass is 10.00. The summed E-state index contributed by atoms with van der Waals surface area (Å²) in [6, 6.07) is 1.51. The number of hydrogen-bond acceptors (Lipinski definition) is 4. The van der Waals surface area contributed by atoms with Crippen molar-refractivity contribution < 1.29 is 29.3 Å². The highest BCUT2D eigenvalue weighted by Crippen LogP contribution is 2.27. The maximum atomic E-state index is 13.6. The summed E-state index contributed by atoms with van der Waals surface area (Å²) in [4.78, 5) is 21.3. The van der Waals surface area contributed by atoms with Gasteiger partial charge in [0.15, 0.2) is 0 Å². The maximum absolute atomic E-state index is 13.6. The van der Waals surface area contributed by atoms with E-state index in [9.17, 15) is 24.2 Å². The number of benzene rings is 1. The molecule has 0 fully saturated rings. The minimum atomic E-state index is -1.74. The third-order valence-corrected chi connectivity index (χ3v) is 2.72. The number of carbonyl (C=O) groups is 2. The van der Waals surface area contributed by atoms with Crippen molar-refractivity contribution in [3.05, 3.63) is 34.1 Å². The lowest BCUT2D eigenvalue weighted by molar-refractivity contribution is -0.121. The molecule has 2 unspecified atom stereocenters. The summed E-state index contributed by atoms with van der Waals surface area (Å²) >= 11 is 5.62. The van der Waals surface area contributed by atoms with Crippen molar-refractivity contribution in [3.63, 3.8) is 0 Å². The fourth-order valence-electron chi connectivity index (χ4n) is 1.48. The molecule has 0 radical (unpaired) electrons. The standard InChI is InChI=1S/C11H11ClFNO5/c12-6-1-5(7(13)2-4(6)11(18)19)10(17)8(15)3-9(14)16/h1-2,8,10,15,17H,3H2,(H2,14,16)(H,18,19). The van der Waals surface area contributed by atoms with Gasteiger partial charge in [-0.05, 0) is 12.1 Å². The van der Waals surface area contributed by atoms with Gasteiger partial charge in [0.2, 0.25) is 5.91 Å². The van der Waals surface area contributed by atoms with Crippen LogP contribution < -0.4 is 5.73 Å². The molecular weight excluding hydrogens is 281 g/mol. The van der Waals surface area contributed by atoms with Gasteiger partial charge in [-0.1, -0.05) is 11.6 Å². The molecule has 0 aliphatic rings. The van der Waals surface area contributed by atoms with Crippen LogP contribution in [0.3, 0.4) is 0 Å². The highest BCUT2D eigenvalue weighted by Gasteiger charge is 2.25. The molecule has 0 aliphatic heterocycles. The number of halogens is 2. The van der Waals surface area contributed by atoms with Crippen molar-refractivity contribution in [2.75, 3.05) is 0 Å². The molecule has 5 N–H and O–H groups in total. The van der Waals surface area contributed by atoms with Gasteiger partial charge in [0, 0.05) is 5.56 Å². The Hall–Kier alpha value is -1.70. The summed E-state index contributed by atoms with van der Waals surface area (Å²) in [5.74, 6) is -3.36. The van der Waals surface area contributed by atoms with E-state index in [0.717, 1.165) is 6.07 Å². The van der Waals surface area contributed by atoms with Crippen molar-refractivity contribution in [2.24, 2.45) is 5.73 Å². The van der Waals surface area contributed by atoms with E-state index in [1.54, 1.807) is 0 Å². The first-order valence-corrected chi connectivity index (χ1v) is 5.48. The Morgan fingerprint density at radius 2 is 1.95 bits per heavy atom. The zero-order chi connectivity index (χ0) is 14.7. The molecule has 0 aromatic heterocycles. The molecule has 0 saturated carbocycles. The Balaban J connectivity index is 3.11. The Bertz CT molecular complexity index is 522. The highest BCUT2D eigenvalue weighted by atomic mass is 35.5. The summed E-state index contributed by atoms with van der Waals surface area (Å²) in [6.07, 6.45) is -3.93. The Morgan fingerprint density at radius 1 is 1.37 bits per heavy atom. The molecular formula is C11H11ClFNO5. The molecule has 19 heavy (non-hydrogen) atoms. The largest absolute Gasteiger partial charge is 0.478 e. The topological polar surface area (TPSA) is 121 Å². The molecule has 1 rings (SSSR count). The second-order valence-corrected chi connectivity index (χ2v) is 4.25. The smallest absolute Gasteiger partial charge is 0.337 e. The molecule has 0 spiro atoms. The van der Waals surface area contributed by atoms with Gasteiger partial charge < -0.3 is 21.1 Å². The van der Waals surface area contributed by atoms with Crippen LogP contribution in [0, 0.1) is 5.82 Å². The molecule has 1 aromatic rings. The molecule has 104 valence electrons. The van der Waals surface area contributed by atoms with Crippen LogP contribution >= 0.6 is 11.6 Å². The SMILES string of the molecule is NC(=O)CC(O)C(O)c1cc(Cl)c(C(=O)O)cc1F. The van der Waals surface area contributed by atoms with Gasteiger partial charge in [0.05, 0.1) is 23.1 Å². The summed E-state index contributed by atoms with van der Waals surface area (Å²) in [6.45, 7) is 0. The van der Waals surface area contributed by atoms with Crippen LogP contribution in [-0.4, -0.2) is 33.3 Å². The quantitative estimate of drug-likeness (QED) is 0.627. The first-order chi connectivity index (χ1) is 8.73. The Labute approximate surface area is 112 Å². The zero-order valence-corrected chi connectivity index (χ0v) is 10.3. The maximum Gasteiger partial charge on any atom is 0.337 e. The zero-order valence-electron chi connectivity index (χ0n) is 9.51.